The summed E-state index contributed by atoms with van der Waals surface area (Å²) in [5, 5.41) is 6.18. The van der Waals surface area contributed by atoms with Gasteiger partial charge in [-0.1, -0.05) is 0 Å². The van der Waals surface area contributed by atoms with Crippen molar-refractivity contribution in [3.8, 4) is 0 Å². The molecule has 0 saturated carbocycles. The van der Waals surface area contributed by atoms with Crippen molar-refractivity contribution in [2.24, 2.45) is 0 Å². The number of benzene rings is 1. The summed E-state index contributed by atoms with van der Waals surface area (Å²) in [7, 11) is 0. The van der Waals surface area contributed by atoms with Crippen LogP contribution in [0.15, 0.2) is 24.3 Å². The summed E-state index contributed by atoms with van der Waals surface area (Å²) in [5.74, 6) is -0.131. The number of rotatable bonds is 4. The first kappa shape index (κ1) is 17.1. The van der Waals surface area contributed by atoms with Gasteiger partial charge in [0.05, 0.1) is 31.8 Å². The van der Waals surface area contributed by atoms with E-state index >= 15 is 0 Å². The average molecular weight is 360 g/mol. The first-order valence-corrected chi connectivity index (χ1v) is 9.03. The Kier molecular flexibility index (Phi) is 4.69. The number of nitrogens with one attached hydrogen (secondary N) is 2. The van der Waals surface area contributed by atoms with Crippen molar-refractivity contribution in [3.05, 3.63) is 24.3 Å². The van der Waals surface area contributed by atoms with Crippen LogP contribution >= 0.6 is 0 Å². The highest BCUT2D eigenvalue weighted by Gasteiger charge is 2.36. The van der Waals surface area contributed by atoms with E-state index in [4.69, 9.17) is 9.47 Å². The number of ether oxygens (including phenoxy) is 2. The van der Waals surface area contributed by atoms with Crippen molar-refractivity contribution in [2.45, 2.75) is 25.2 Å². The van der Waals surface area contributed by atoms with Gasteiger partial charge in [0.2, 0.25) is 5.91 Å². The Hall–Kier alpha value is -2.32. The molecule has 0 radical (unpaired) electrons. The van der Waals surface area contributed by atoms with Crippen LogP contribution in [0.25, 0.3) is 0 Å². The second-order valence-electron chi connectivity index (χ2n) is 6.94. The molecule has 0 aliphatic carbocycles. The van der Waals surface area contributed by atoms with Crippen LogP contribution in [0.4, 0.5) is 16.2 Å². The van der Waals surface area contributed by atoms with E-state index in [-0.39, 0.29) is 24.2 Å². The lowest BCUT2D eigenvalue weighted by molar-refractivity contribution is -0.119. The monoisotopic (exact) mass is 360 g/mol. The first-order chi connectivity index (χ1) is 12.6. The highest BCUT2D eigenvalue weighted by atomic mass is 16.6. The third-order valence-corrected chi connectivity index (χ3v) is 5.09. The average Bonchev–Trinajstić information content (AvgIpc) is 3.23. The Bertz CT molecular complexity index is 666. The van der Waals surface area contributed by atoms with Gasteiger partial charge < -0.3 is 25.0 Å². The third kappa shape index (κ3) is 3.47. The summed E-state index contributed by atoms with van der Waals surface area (Å²) in [6.07, 6.45) is -0.458. The van der Waals surface area contributed by atoms with E-state index < -0.39 is 0 Å². The second-order valence-corrected chi connectivity index (χ2v) is 6.94. The van der Waals surface area contributed by atoms with Crippen molar-refractivity contribution >= 4 is 23.4 Å². The van der Waals surface area contributed by atoms with Gasteiger partial charge in [-0.15, -0.1) is 0 Å². The number of nitrogens with zero attached hydrogens (tertiary/aromatic N) is 2. The number of fused-ring (bicyclic) bond motifs is 1. The Morgan fingerprint density at radius 2 is 2.00 bits per heavy atom. The zero-order valence-corrected chi connectivity index (χ0v) is 14.8. The Balaban J connectivity index is 1.38. The molecule has 3 aliphatic heterocycles. The van der Waals surface area contributed by atoms with E-state index in [1.165, 1.54) is 6.92 Å². The zero-order chi connectivity index (χ0) is 18.1. The molecule has 8 heteroatoms. The van der Waals surface area contributed by atoms with Gasteiger partial charge in [0.15, 0.2) is 0 Å². The summed E-state index contributed by atoms with van der Waals surface area (Å²) in [4.78, 5) is 27.0. The van der Waals surface area contributed by atoms with Crippen molar-refractivity contribution in [3.63, 3.8) is 0 Å². The summed E-state index contributed by atoms with van der Waals surface area (Å²) < 4.78 is 11.1. The normalized spacial score (nSPS) is 28.0. The number of carbonyl (C=O) groups is 2. The van der Waals surface area contributed by atoms with Gasteiger partial charge in [0, 0.05) is 37.9 Å². The van der Waals surface area contributed by atoms with Crippen LogP contribution in [0.1, 0.15) is 6.92 Å². The van der Waals surface area contributed by atoms with Gasteiger partial charge in [-0.3, -0.25) is 9.69 Å². The molecule has 26 heavy (non-hydrogen) atoms. The molecule has 3 atom stereocenters. The quantitative estimate of drug-likeness (QED) is 0.805. The molecule has 3 unspecified atom stereocenters. The summed E-state index contributed by atoms with van der Waals surface area (Å²) in [6, 6.07) is 8.32. The SMILES string of the molecule is CC(=O)NCC1CN(c2ccc(N3CC4NCCOC4C3)cc2)C(=O)O1. The van der Waals surface area contributed by atoms with Crippen LogP contribution in [0.2, 0.25) is 0 Å². The molecule has 0 aromatic heterocycles. The molecular weight excluding hydrogens is 336 g/mol. The smallest absolute Gasteiger partial charge is 0.414 e. The maximum atomic E-state index is 12.1. The minimum atomic E-state index is -0.377. The molecular formula is C18H24N4O4. The van der Waals surface area contributed by atoms with Crippen LogP contribution in [0, 0.1) is 0 Å². The molecule has 4 rings (SSSR count). The fourth-order valence-corrected chi connectivity index (χ4v) is 3.74. The van der Waals surface area contributed by atoms with Crippen LogP contribution in [0.5, 0.6) is 0 Å². The minimum absolute atomic E-state index is 0.131. The van der Waals surface area contributed by atoms with Crippen molar-refractivity contribution in [2.75, 3.05) is 49.1 Å². The standard InChI is InChI=1S/C18H24N4O4/c1-12(23)20-8-15-9-22(18(24)26-15)14-4-2-13(3-5-14)21-10-16-17(11-21)25-7-6-19-16/h2-5,15-17,19H,6-11H2,1H3,(H,20,23). The van der Waals surface area contributed by atoms with Crippen LogP contribution in [-0.4, -0.2) is 69.6 Å². The summed E-state index contributed by atoms with van der Waals surface area (Å²) in [6.45, 7) is 5.69. The molecule has 0 bridgehead atoms. The van der Waals surface area contributed by atoms with Crippen molar-refractivity contribution in [1.82, 2.24) is 10.6 Å². The molecule has 2 amide bonds. The Labute approximate surface area is 152 Å². The van der Waals surface area contributed by atoms with Crippen molar-refractivity contribution < 1.29 is 19.1 Å². The molecule has 3 saturated heterocycles. The summed E-state index contributed by atoms with van der Waals surface area (Å²) in [5.41, 5.74) is 1.92. The molecule has 1 aromatic rings. The summed E-state index contributed by atoms with van der Waals surface area (Å²) >= 11 is 0. The maximum absolute atomic E-state index is 12.1. The number of morpholine rings is 1. The molecule has 3 aliphatic rings. The van der Waals surface area contributed by atoms with Gasteiger partial charge in [-0.05, 0) is 24.3 Å². The molecule has 3 fully saturated rings. The maximum Gasteiger partial charge on any atom is 0.414 e. The number of amides is 2. The number of cyclic esters (lactones) is 1. The van der Waals surface area contributed by atoms with Gasteiger partial charge >= 0.3 is 6.09 Å². The predicted molar refractivity (Wildman–Crippen MR) is 96.5 cm³/mol. The van der Waals surface area contributed by atoms with Gasteiger partial charge in [-0.2, -0.15) is 0 Å². The molecule has 0 spiro atoms. The Morgan fingerprint density at radius 1 is 1.23 bits per heavy atom. The lowest BCUT2D eigenvalue weighted by Crippen LogP contribution is -2.47. The fourth-order valence-electron chi connectivity index (χ4n) is 3.74. The third-order valence-electron chi connectivity index (χ3n) is 5.09. The largest absolute Gasteiger partial charge is 0.442 e. The minimum Gasteiger partial charge on any atom is -0.442 e. The zero-order valence-electron chi connectivity index (χ0n) is 14.8. The predicted octanol–water partition coefficient (Wildman–Crippen LogP) is 0.325. The van der Waals surface area contributed by atoms with E-state index in [1.807, 2.05) is 24.3 Å². The fraction of sp³-hybridized carbons (Fsp3) is 0.556. The molecule has 3 heterocycles. The highest BCUT2D eigenvalue weighted by molar-refractivity contribution is 5.90. The van der Waals surface area contributed by atoms with Gasteiger partial charge in [0.25, 0.3) is 0 Å². The van der Waals surface area contributed by atoms with Gasteiger partial charge in [-0.25, -0.2) is 4.79 Å². The second kappa shape index (κ2) is 7.13. The van der Waals surface area contributed by atoms with Crippen LogP contribution in [0.3, 0.4) is 0 Å². The van der Waals surface area contributed by atoms with Gasteiger partial charge in [0.1, 0.15) is 6.10 Å². The number of carbonyl (C=O) groups excluding carboxylic acids is 2. The molecule has 140 valence electrons. The molecule has 1 aromatic carbocycles. The van der Waals surface area contributed by atoms with E-state index in [0.29, 0.717) is 19.1 Å². The topological polar surface area (TPSA) is 83.1 Å². The highest BCUT2D eigenvalue weighted by Crippen LogP contribution is 2.28. The first-order valence-electron chi connectivity index (χ1n) is 9.03. The van der Waals surface area contributed by atoms with E-state index in [1.54, 1.807) is 4.90 Å². The number of anilines is 2. The van der Waals surface area contributed by atoms with E-state index in [0.717, 1.165) is 37.6 Å². The number of hydrogen-bond donors (Lipinski definition) is 2. The van der Waals surface area contributed by atoms with Crippen LogP contribution < -0.4 is 20.4 Å². The van der Waals surface area contributed by atoms with Crippen molar-refractivity contribution in [1.29, 1.82) is 0 Å². The number of hydrogen-bond acceptors (Lipinski definition) is 6. The van der Waals surface area contributed by atoms with E-state index in [9.17, 15) is 9.59 Å². The lowest BCUT2D eigenvalue weighted by Gasteiger charge is -2.25. The van der Waals surface area contributed by atoms with E-state index in [2.05, 4.69) is 15.5 Å². The lowest BCUT2D eigenvalue weighted by atomic mass is 10.2. The Morgan fingerprint density at radius 3 is 2.73 bits per heavy atom. The van der Waals surface area contributed by atoms with Crippen LogP contribution in [-0.2, 0) is 14.3 Å². The molecule has 8 nitrogen and oxygen atoms in total. The molecule has 2 N–H and O–H groups in total.